The van der Waals surface area contributed by atoms with Gasteiger partial charge in [-0.05, 0) is 48.2 Å². The fourth-order valence-corrected chi connectivity index (χ4v) is 2.17. The van der Waals surface area contributed by atoms with Gasteiger partial charge in [0.05, 0.1) is 6.10 Å². The molecule has 0 aromatic carbocycles. The van der Waals surface area contributed by atoms with Gasteiger partial charge >= 0.3 is 0 Å². The molecule has 2 N–H and O–H groups in total. The highest BCUT2D eigenvalue weighted by molar-refractivity contribution is 7.07. The molecule has 0 aliphatic heterocycles. The molecule has 0 saturated heterocycles. The van der Waals surface area contributed by atoms with Gasteiger partial charge < -0.3 is 10.4 Å². The molecule has 1 heterocycles. The zero-order valence-electron chi connectivity index (χ0n) is 9.73. The van der Waals surface area contributed by atoms with Gasteiger partial charge in [0.25, 0.3) is 0 Å². The summed E-state index contributed by atoms with van der Waals surface area (Å²) in [5, 5.41) is 17.3. The van der Waals surface area contributed by atoms with Gasteiger partial charge in [0.1, 0.15) is 0 Å². The SMILES string of the molecule is CC(NCCC(O)C(C)C)c1ccsc1. The molecule has 2 nitrogen and oxygen atoms in total. The summed E-state index contributed by atoms with van der Waals surface area (Å²) in [6, 6.07) is 2.52. The van der Waals surface area contributed by atoms with Crippen LogP contribution in [0.3, 0.4) is 0 Å². The van der Waals surface area contributed by atoms with Crippen LogP contribution in [0.5, 0.6) is 0 Å². The molecule has 2 unspecified atom stereocenters. The van der Waals surface area contributed by atoms with Gasteiger partial charge in [-0.3, -0.25) is 0 Å². The van der Waals surface area contributed by atoms with E-state index in [1.54, 1.807) is 11.3 Å². The highest BCUT2D eigenvalue weighted by Crippen LogP contribution is 2.15. The zero-order chi connectivity index (χ0) is 11.3. The lowest BCUT2D eigenvalue weighted by molar-refractivity contribution is 0.115. The molecule has 0 saturated carbocycles. The monoisotopic (exact) mass is 227 g/mol. The van der Waals surface area contributed by atoms with Gasteiger partial charge in [-0.2, -0.15) is 11.3 Å². The van der Waals surface area contributed by atoms with Gasteiger partial charge in [-0.15, -0.1) is 0 Å². The Hall–Kier alpha value is -0.380. The summed E-state index contributed by atoms with van der Waals surface area (Å²) in [5.41, 5.74) is 1.33. The maximum absolute atomic E-state index is 9.63. The van der Waals surface area contributed by atoms with E-state index in [1.807, 2.05) is 13.8 Å². The Kier molecular flexibility index (Phi) is 5.29. The van der Waals surface area contributed by atoms with Crippen molar-refractivity contribution in [2.45, 2.75) is 39.3 Å². The highest BCUT2D eigenvalue weighted by atomic mass is 32.1. The Morgan fingerprint density at radius 2 is 2.13 bits per heavy atom. The molecule has 3 heteroatoms. The van der Waals surface area contributed by atoms with Crippen molar-refractivity contribution in [3.05, 3.63) is 22.4 Å². The second kappa shape index (κ2) is 6.26. The summed E-state index contributed by atoms with van der Waals surface area (Å²) in [6.45, 7) is 7.13. The molecule has 1 rings (SSSR count). The number of nitrogens with one attached hydrogen (secondary N) is 1. The molecule has 0 radical (unpaired) electrons. The maximum atomic E-state index is 9.63. The summed E-state index contributed by atoms with van der Waals surface area (Å²) >= 11 is 1.72. The summed E-state index contributed by atoms with van der Waals surface area (Å²) in [6.07, 6.45) is 0.638. The van der Waals surface area contributed by atoms with E-state index in [-0.39, 0.29) is 6.10 Å². The van der Waals surface area contributed by atoms with E-state index in [2.05, 4.69) is 29.1 Å². The average molecular weight is 227 g/mol. The first kappa shape index (κ1) is 12.7. The standard InChI is InChI=1S/C12H21NOS/c1-9(2)12(14)4-6-13-10(3)11-5-7-15-8-11/h5,7-10,12-14H,4,6H2,1-3H3. The quantitative estimate of drug-likeness (QED) is 0.783. The molecule has 0 amide bonds. The van der Waals surface area contributed by atoms with Crippen LogP contribution in [-0.2, 0) is 0 Å². The predicted molar refractivity (Wildman–Crippen MR) is 66.2 cm³/mol. The Labute approximate surface area is 96.3 Å². The van der Waals surface area contributed by atoms with Gasteiger partial charge in [0.2, 0.25) is 0 Å². The molecule has 0 bridgehead atoms. The van der Waals surface area contributed by atoms with Crippen LogP contribution in [0.25, 0.3) is 0 Å². The second-order valence-corrected chi connectivity index (χ2v) is 5.11. The Morgan fingerprint density at radius 1 is 1.40 bits per heavy atom. The normalized spacial score (nSPS) is 15.5. The fourth-order valence-electron chi connectivity index (χ4n) is 1.42. The summed E-state index contributed by atoms with van der Waals surface area (Å²) in [4.78, 5) is 0. The summed E-state index contributed by atoms with van der Waals surface area (Å²) < 4.78 is 0. The Balaban J connectivity index is 2.21. The number of aliphatic hydroxyl groups is 1. The molecule has 2 atom stereocenters. The Bertz CT molecular complexity index is 259. The average Bonchev–Trinajstić information content (AvgIpc) is 2.70. The van der Waals surface area contributed by atoms with E-state index in [0.717, 1.165) is 13.0 Å². The second-order valence-electron chi connectivity index (χ2n) is 4.33. The van der Waals surface area contributed by atoms with Crippen molar-refractivity contribution in [2.75, 3.05) is 6.54 Å². The van der Waals surface area contributed by atoms with E-state index >= 15 is 0 Å². The fraction of sp³-hybridized carbons (Fsp3) is 0.667. The summed E-state index contributed by atoms with van der Waals surface area (Å²) in [5.74, 6) is 0.350. The van der Waals surface area contributed by atoms with Gasteiger partial charge in [0.15, 0.2) is 0 Å². The van der Waals surface area contributed by atoms with Crippen molar-refractivity contribution in [1.29, 1.82) is 0 Å². The number of aliphatic hydroxyl groups excluding tert-OH is 1. The first-order valence-electron chi connectivity index (χ1n) is 5.54. The van der Waals surface area contributed by atoms with Crippen LogP contribution in [0.4, 0.5) is 0 Å². The maximum Gasteiger partial charge on any atom is 0.0575 e. The van der Waals surface area contributed by atoms with Crippen molar-refractivity contribution < 1.29 is 5.11 Å². The van der Waals surface area contributed by atoms with Crippen LogP contribution in [0.1, 0.15) is 38.8 Å². The largest absolute Gasteiger partial charge is 0.393 e. The highest BCUT2D eigenvalue weighted by Gasteiger charge is 2.10. The molecule has 1 aromatic heterocycles. The van der Waals surface area contributed by atoms with Crippen LogP contribution in [0.2, 0.25) is 0 Å². The first-order chi connectivity index (χ1) is 7.11. The molecule has 15 heavy (non-hydrogen) atoms. The molecular formula is C12H21NOS. The van der Waals surface area contributed by atoms with Crippen molar-refractivity contribution in [3.63, 3.8) is 0 Å². The van der Waals surface area contributed by atoms with Gasteiger partial charge in [0, 0.05) is 6.04 Å². The number of thiophene rings is 1. The van der Waals surface area contributed by atoms with E-state index in [9.17, 15) is 5.11 Å². The van der Waals surface area contributed by atoms with Crippen LogP contribution in [-0.4, -0.2) is 17.8 Å². The van der Waals surface area contributed by atoms with E-state index in [4.69, 9.17) is 0 Å². The lowest BCUT2D eigenvalue weighted by Gasteiger charge is -2.17. The van der Waals surface area contributed by atoms with Crippen LogP contribution in [0.15, 0.2) is 16.8 Å². The van der Waals surface area contributed by atoms with E-state index in [1.165, 1.54) is 5.56 Å². The minimum atomic E-state index is -0.188. The van der Waals surface area contributed by atoms with Crippen molar-refractivity contribution in [3.8, 4) is 0 Å². The van der Waals surface area contributed by atoms with E-state index in [0.29, 0.717) is 12.0 Å². The topological polar surface area (TPSA) is 32.3 Å². The molecule has 0 aliphatic rings. The van der Waals surface area contributed by atoms with Crippen molar-refractivity contribution in [1.82, 2.24) is 5.32 Å². The van der Waals surface area contributed by atoms with Crippen molar-refractivity contribution >= 4 is 11.3 Å². The van der Waals surface area contributed by atoms with Crippen LogP contribution >= 0.6 is 11.3 Å². The zero-order valence-corrected chi connectivity index (χ0v) is 10.6. The smallest absolute Gasteiger partial charge is 0.0575 e. The van der Waals surface area contributed by atoms with Gasteiger partial charge in [-0.25, -0.2) is 0 Å². The van der Waals surface area contributed by atoms with Crippen LogP contribution in [0, 0.1) is 5.92 Å². The van der Waals surface area contributed by atoms with Crippen LogP contribution < -0.4 is 5.32 Å². The third-order valence-electron chi connectivity index (χ3n) is 2.70. The third kappa shape index (κ3) is 4.33. The number of rotatable bonds is 6. The molecule has 86 valence electrons. The third-order valence-corrected chi connectivity index (χ3v) is 3.40. The van der Waals surface area contributed by atoms with Gasteiger partial charge in [-0.1, -0.05) is 13.8 Å². The molecule has 0 spiro atoms. The lowest BCUT2D eigenvalue weighted by Crippen LogP contribution is -2.25. The molecule has 1 aromatic rings. The number of hydrogen-bond acceptors (Lipinski definition) is 3. The van der Waals surface area contributed by atoms with Crippen molar-refractivity contribution in [2.24, 2.45) is 5.92 Å². The first-order valence-corrected chi connectivity index (χ1v) is 6.49. The minimum absolute atomic E-state index is 0.188. The Morgan fingerprint density at radius 3 is 2.67 bits per heavy atom. The molecule has 0 aliphatic carbocycles. The lowest BCUT2D eigenvalue weighted by atomic mass is 10.0. The number of hydrogen-bond donors (Lipinski definition) is 2. The van der Waals surface area contributed by atoms with E-state index < -0.39 is 0 Å². The predicted octanol–water partition coefficient (Wildman–Crippen LogP) is 2.81. The minimum Gasteiger partial charge on any atom is -0.393 e. The molecular weight excluding hydrogens is 206 g/mol. The summed E-state index contributed by atoms with van der Waals surface area (Å²) in [7, 11) is 0. The molecule has 0 fully saturated rings.